The first kappa shape index (κ1) is 21.4. The molecule has 1 aliphatic heterocycles. The van der Waals surface area contributed by atoms with E-state index in [1.807, 2.05) is 31.2 Å². The van der Waals surface area contributed by atoms with Crippen LogP contribution in [-0.2, 0) is 22.5 Å². The van der Waals surface area contributed by atoms with Gasteiger partial charge in [0.25, 0.3) is 0 Å². The number of amides is 1. The van der Waals surface area contributed by atoms with Crippen molar-refractivity contribution in [3.63, 3.8) is 0 Å². The Balaban J connectivity index is 1.79. The van der Waals surface area contributed by atoms with Gasteiger partial charge in [-0.1, -0.05) is 24.3 Å². The Bertz CT molecular complexity index is 877. The lowest BCUT2D eigenvalue weighted by molar-refractivity contribution is -0.143. The molecule has 2 heterocycles. The van der Waals surface area contributed by atoms with Gasteiger partial charge < -0.3 is 9.64 Å². The summed E-state index contributed by atoms with van der Waals surface area (Å²) in [6, 6.07) is 7.51. The number of carbonyl (C=O) groups is 1. The zero-order valence-corrected chi connectivity index (χ0v) is 16.9. The Labute approximate surface area is 168 Å². The molecule has 0 saturated carbocycles. The molecule has 2 aromatic rings. The van der Waals surface area contributed by atoms with Crippen LogP contribution in [0.3, 0.4) is 0 Å². The SMILES string of the molecule is Cc1ccccc1CCC(=O)N1CCOC[C@H]1c1c(C)nn(CC(F)(F)F)c1C. The van der Waals surface area contributed by atoms with Gasteiger partial charge in [0.2, 0.25) is 5.91 Å². The van der Waals surface area contributed by atoms with E-state index in [-0.39, 0.29) is 12.5 Å². The van der Waals surface area contributed by atoms with E-state index in [1.165, 1.54) is 0 Å². The fraction of sp³-hybridized carbons (Fsp3) is 0.524. The van der Waals surface area contributed by atoms with Gasteiger partial charge in [0.05, 0.1) is 24.9 Å². The lowest BCUT2D eigenvalue weighted by atomic mass is 10.0. The number of aromatic nitrogens is 2. The number of aryl methyl sites for hydroxylation is 3. The van der Waals surface area contributed by atoms with Crippen molar-refractivity contribution in [1.82, 2.24) is 14.7 Å². The Morgan fingerprint density at radius 1 is 1.24 bits per heavy atom. The van der Waals surface area contributed by atoms with Crippen LogP contribution in [0, 0.1) is 20.8 Å². The quantitative estimate of drug-likeness (QED) is 0.753. The van der Waals surface area contributed by atoms with Crippen LogP contribution in [0.5, 0.6) is 0 Å². The highest BCUT2D eigenvalue weighted by Gasteiger charge is 2.35. The second kappa shape index (κ2) is 8.57. The smallest absolute Gasteiger partial charge is 0.377 e. The highest BCUT2D eigenvalue weighted by Crippen LogP contribution is 2.31. The maximum atomic E-state index is 13.0. The number of halogens is 3. The number of alkyl halides is 3. The van der Waals surface area contributed by atoms with Gasteiger partial charge in [0, 0.05) is 24.2 Å². The van der Waals surface area contributed by atoms with Crippen LogP contribution in [0.1, 0.15) is 40.5 Å². The van der Waals surface area contributed by atoms with Crippen LogP contribution in [0.25, 0.3) is 0 Å². The Kier molecular flexibility index (Phi) is 6.31. The molecule has 1 amide bonds. The van der Waals surface area contributed by atoms with E-state index in [0.29, 0.717) is 42.9 Å². The summed E-state index contributed by atoms with van der Waals surface area (Å²) in [5, 5.41) is 4.07. The van der Waals surface area contributed by atoms with E-state index >= 15 is 0 Å². The molecule has 0 spiro atoms. The van der Waals surface area contributed by atoms with E-state index < -0.39 is 18.8 Å². The highest BCUT2D eigenvalue weighted by atomic mass is 19.4. The van der Waals surface area contributed by atoms with Crippen molar-refractivity contribution in [2.24, 2.45) is 0 Å². The summed E-state index contributed by atoms with van der Waals surface area (Å²) in [4.78, 5) is 14.7. The maximum Gasteiger partial charge on any atom is 0.408 e. The second-order valence-electron chi connectivity index (χ2n) is 7.46. The third kappa shape index (κ3) is 4.98. The predicted molar refractivity (Wildman–Crippen MR) is 103 cm³/mol. The number of morpholine rings is 1. The molecule has 0 unspecified atom stereocenters. The molecule has 8 heteroatoms. The molecule has 1 atom stereocenters. The summed E-state index contributed by atoms with van der Waals surface area (Å²) in [5.74, 6) is -0.0241. The monoisotopic (exact) mass is 409 g/mol. The molecule has 158 valence electrons. The minimum absolute atomic E-state index is 0.0241. The van der Waals surface area contributed by atoms with E-state index in [1.54, 1.807) is 18.7 Å². The Hall–Kier alpha value is -2.35. The number of ether oxygens (including phenoxy) is 1. The number of hydrogen-bond donors (Lipinski definition) is 0. The van der Waals surface area contributed by atoms with Crippen LogP contribution in [-0.4, -0.2) is 46.5 Å². The standard InChI is InChI=1S/C21H26F3N3O2/c1-14-6-4-5-7-17(14)8-9-19(28)26-10-11-29-12-18(26)20-15(2)25-27(16(20)3)13-21(22,23)24/h4-7,18H,8-13H2,1-3H3/t18-/m0/s1. The van der Waals surface area contributed by atoms with Crippen molar-refractivity contribution >= 4 is 5.91 Å². The van der Waals surface area contributed by atoms with Crippen LogP contribution in [0.2, 0.25) is 0 Å². The van der Waals surface area contributed by atoms with Crippen molar-refractivity contribution in [3.05, 3.63) is 52.3 Å². The highest BCUT2D eigenvalue weighted by molar-refractivity contribution is 5.77. The van der Waals surface area contributed by atoms with Gasteiger partial charge in [-0.15, -0.1) is 0 Å². The van der Waals surface area contributed by atoms with E-state index in [0.717, 1.165) is 15.8 Å². The van der Waals surface area contributed by atoms with Gasteiger partial charge in [-0.3, -0.25) is 9.48 Å². The van der Waals surface area contributed by atoms with E-state index in [9.17, 15) is 18.0 Å². The lowest BCUT2D eigenvalue weighted by Gasteiger charge is -2.36. The fourth-order valence-electron chi connectivity index (χ4n) is 3.93. The first-order chi connectivity index (χ1) is 13.7. The van der Waals surface area contributed by atoms with Crippen molar-refractivity contribution in [3.8, 4) is 0 Å². The van der Waals surface area contributed by atoms with Crippen molar-refractivity contribution in [2.45, 2.75) is 52.4 Å². The molecule has 5 nitrogen and oxygen atoms in total. The molecule has 0 radical (unpaired) electrons. The summed E-state index contributed by atoms with van der Waals surface area (Å²) >= 11 is 0. The van der Waals surface area contributed by atoms with Gasteiger partial charge in [0.1, 0.15) is 6.54 Å². The van der Waals surface area contributed by atoms with Crippen LogP contribution < -0.4 is 0 Å². The van der Waals surface area contributed by atoms with E-state index in [2.05, 4.69) is 5.10 Å². The summed E-state index contributed by atoms with van der Waals surface area (Å²) in [6.45, 7) is 5.26. The van der Waals surface area contributed by atoms with E-state index in [4.69, 9.17) is 4.74 Å². The second-order valence-corrected chi connectivity index (χ2v) is 7.46. The summed E-state index contributed by atoms with van der Waals surface area (Å²) in [6.07, 6.45) is -3.39. The van der Waals surface area contributed by atoms with Gasteiger partial charge in [-0.2, -0.15) is 18.3 Å². The minimum atomic E-state index is -4.35. The third-order valence-corrected chi connectivity index (χ3v) is 5.42. The van der Waals surface area contributed by atoms with Crippen LogP contribution in [0.4, 0.5) is 13.2 Å². The Morgan fingerprint density at radius 3 is 2.66 bits per heavy atom. The molecule has 3 rings (SSSR count). The molecule has 0 bridgehead atoms. The Morgan fingerprint density at radius 2 is 1.97 bits per heavy atom. The third-order valence-electron chi connectivity index (χ3n) is 5.42. The molecular formula is C21H26F3N3O2. The van der Waals surface area contributed by atoms with Crippen molar-refractivity contribution < 1.29 is 22.7 Å². The zero-order chi connectivity index (χ0) is 21.2. The maximum absolute atomic E-state index is 13.0. The minimum Gasteiger partial charge on any atom is -0.377 e. The van der Waals surface area contributed by atoms with Crippen molar-refractivity contribution in [1.29, 1.82) is 0 Å². The predicted octanol–water partition coefficient (Wildman–Crippen LogP) is 3.90. The molecule has 1 saturated heterocycles. The number of hydrogen-bond acceptors (Lipinski definition) is 3. The average molecular weight is 409 g/mol. The first-order valence-corrected chi connectivity index (χ1v) is 9.69. The molecule has 29 heavy (non-hydrogen) atoms. The molecule has 0 N–H and O–H groups in total. The lowest BCUT2D eigenvalue weighted by Crippen LogP contribution is -2.44. The van der Waals surface area contributed by atoms with Gasteiger partial charge in [-0.25, -0.2) is 0 Å². The summed E-state index contributed by atoms with van der Waals surface area (Å²) in [7, 11) is 0. The van der Waals surface area contributed by atoms with Gasteiger partial charge in [0.15, 0.2) is 0 Å². The van der Waals surface area contributed by atoms with Crippen LogP contribution in [0.15, 0.2) is 24.3 Å². The summed E-state index contributed by atoms with van der Waals surface area (Å²) in [5.41, 5.74) is 3.83. The molecule has 1 aliphatic rings. The number of rotatable bonds is 5. The molecular weight excluding hydrogens is 383 g/mol. The molecule has 0 aliphatic carbocycles. The average Bonchev–Trinajstić information content (AvgIpc) is 2.92. The number of carbonyl (C=O) groups excluding carboxylic acids is 1. The van der Waals surface area contributed by atoms with Gasteiger partial charge in [-0.05, 0) is 38.3 Å². The first-order valence-electron chi connectivity index (χ1n) is 9.69. The molecule has 1 aromatic carbocycles. The van der Waals surface area contributed by atoms with Crippen LogP contribution >= 0.6 is 0 Å². The zero-order valence-electron chi connectivity index (χ0n) is 16.9. The van der Waals surface area contributed by atoms with Gasteiger partial charge >= 0.3 is 6.18 Å². The molecule has 1 fully saturated rings. The normalized spacial score (nSPS) is 17.6. The topological polar surface area (TPSA) is 47.4 Å². The largest absolute Gasteiger partial charge is 0.408 e. The number of nitrogens with zero attached hydrogens (tertiary/aromatic N) is 3. The fourth-order valence-corrected chi connectivity index (χ4v) is 3.93. The van der Waals surface area contributed by atoms with Crippen molar-refractivity contribution in [2.75, 3.05) is 19.8 Å². The summed E-state index contributed by atoms with van der Waals surface area (Å²) < 4.78 is 45.1. The molecule has 1 aromatic heterocycles. The number of benzene rings is 1.